The molecule has 2 amide bonds. The third-order valence-corrected chi connectivity index (χ3v) is 7.42. The molecular weight excluding hydrogens is 540 g/mol. The lowest BCUT2D eigenvalue weighted by Crippen LogP contribution is -2.53. The maximum atomic E-state index is 13.5. The highest BCUT2D eigenvalue weighted by Gasteiger charge is 2.31. The smallest absolute Gasteiger partial charge is 0.243 e. The SMILES string of the molecule is CC[C@H](C(=O)NC(C)(C)C)N(Cc1ccc(Cl)c(Cl)c1)C(=O)CCCN(c1ccc(F)cc1)S(C)(=O)=O. The minimum absolute atomic E-state index is 0.00612. The van der Waals surface area contributed by atoms with Crippen LogP contribution >= 0.6 is 23.2 Å². The molecule has 0 unspecified atom stereocenters. The molecular formula is C26H34Cl2FN3O4S. The van der Waals surface area contributed by atoms with Crippen LogP contribution in [0.3, 0.4) is 0 Å². The number of carbonyl (C=O) groups excluding carboxylic acids is 2. The van der Waals surface area contributed by atoms with Crippen LogP contribution in [0.25, 0.3) is 0 Å². The molecule has 0 fully saturated rings. The van der Waals surface area contributed by atoms with E-state index in [1.807, 2.05) is 27.7 Å². The maximum Gasteiger partial charge on any atom is 0.243 e. The van der Waals surface area contributed by atoms with E-state index in [-0.39, 0.29) is 37.7 Å². The fourth-order valence-electron chi connectivity index (χ4n) is 3.82. The average molecular weight is 575 g/mol. The lowest BCUT2D eigenvalue weighted by Gasteiger charge is -2.33. The molecule has 2 rings (SSSR count). The summed E-state index contributed by atoms with van der Waals surface area (Å²) in [5, 5.41) is 3.65. The molecule has 0 saturated carbocycles. The summed E-state index contributed by atoms with van der Waals surface area (Å²) in [6, 6.07) is 9.38. The molecule has 7 nitrogen and oxygen atoms in total. The average Bonchev–Trinajstić information content (AvgIpc) is 2.77. The number of benzene rings is 2. The second-order valence-electron chi connectivity index (χ2n) is 9.85. The molecule has 0 saturated heterocycles. The van der Waals surface area contributed by atoms with Crippen molar-refractivity contribution in [2.75, 3.05) is 17.1 Å². The molecule has 2 aromatic carbocycles. The number of hydrogen-bond acceptors (Lipinski definition) is 4. The summed E-state index contributed by atoms with van der Waals surface area (Å²) in [5.41, 5.74) is 0.516. The number of nitrogens with zero attached hydrogens (tertiary/aromatic N) is 2. The Labute approximate surface area is 229 Å². The summed E-state index contributed by atoms with van der Waals surface area (Å²) in [6.45, 7) is 7.54. The molecule has 0 bridgehead atoms. The van der Waals surface area contributed by atoms with Crippen molar-refractivity contribution in [2.45, 2.75) is 65.1 Å². The zero-order chi connectivity index (χ0) is 28.0. The standard InChI is InChI=1S/C26H34Cl2FN3O4S/c1-6-23(25(34)30-26(2,3)4)31(17-18-9-14-21(27)22(28)16-18)24(33)8-7-15-32(37(5,35)36)20-12-10-19(29)11-13-20/h9-14,16,23H,6-8,15,17H2,1-5H3,(H,30,34)/t23-/m1/s1. The molecule has 204 valence electrons. The molecule has 0 heterocycles. The molecule has 0 aliphatic rings. The predicted octanol–water partition coefficient (Wildman–Crippen LogP) is 5.40. The predicted molar refractivity (Wildman–Crippen MR) is 147 cm³/mol. The largest absolute Gasteiger partial charge is 0.350 e. The summed E-state index contributed by atoms with van der Waals surface area (Å²) in [6.07, 6.45) is 1.62. The fraction of sp³-hybridized carbons (Fsp3) is 0.462. The van der Waals surface area contributed by atoms with Crippen molar-refractivity contribution in [3.8, 4) is 0 Å². The summed E-state index contributed by atoms with van der Waals surface area (Å²) in [5.74, 6) is -1.08. The van der Waals surface area contributed by atoms with Gasteiger partial charge in [0.2, 0.25) is 21.8 Å². The first-order chi connectivity index (χ1) is 17.1. The summed E-state index contributed by atoms with van der Waals surface area (Å²) in [4.78, 5) is 28.0. The van der Waals surface area contributed by atoms with Gasteiger partial charge >= 0.3 is 0 Å². The van der Waals surface area contributed by atoms with Crippen molar-refractivity contribution < 1.29 is 22.4 Å². The van der Waals surface area contributed by atoms with Gasteiger partial charge in [-0.25, -0.2) is 12.8 Å². The number of hydrogen-bond donors (Lipinski definition) is 1. The van der Waals surface area contributed by atoms with E-state index in [2.05, 4.69) is 5.32 Å². The second kappa shape index (κ2) is 12.9. The molecule has 0 spiro atoms. The van der Waals surface area contributed by atoms with Gasteiger partial charge in [0, 0.05) is 25.0 Å². The van der Waals surface area contributed by atoms with Crippen LogP contribution in [-0.4, -0.2) is 49.5 Å². The highest BCUT2D eigenvalue weighted by molar-refractivity contribution is 7.92. The fourth-order valence-corrected chi connectivity index (χ4v) is 5.10. The van der Waals surface area contributed by atoms with Gasteiger partial charge in [-0.2, -0.15) is 0 Å². The van der Waals surface area contributed by atoms with Crippen LogP contribution < -0.4 is 9.62 Å². The summed E-state index contributed by atoms with van der Waals surface area (Å²) < 4.78 is 39.2. The zero-order valence-electron chi connectivity index (χ0n) is 21.7. The van der Waals surface area contributed by atoms with Gasteiger partial charge in [0.05, 0.1) is 22.0 Å². The quantitative estimate of drug-likeness (QED) is 0.390. The van der Waals surface area contributed by atoms with Gasteiger partial charge in [-0.3, -0.25) is 13.9 Å². The molecule has 11 heteroatoms. The Bertz CT molecular complexity index is 1200. The van der Waals surface area contributed by atoms with E-state index in [1.165, 1.54) is 29.2 Å². The Balaban J connectivity index is 2.26. The number of sulfonamides is 1. The van der Waals surface area contributed by atoms with Gasteiger partial charge < -0.3 is 10.2 Å². The van der Waals surface area contributed by atoms with E-state index in [0.717, 1.165) is 10.6 Å². The van der Waals surface area contributed by atoms with E-state index in [9.17, 15) is 22.4 Å². The van der Waals surface area contributed by atoms with Crippen LogP contribution in [0.5, 0.6) is 0 Å². The molecule has 0 radical (unpaired) electrons. The first-order valence-electron chi connectivity index (χ1n) is 11.9. The van der Waals surface area contributed by atoms with Crippen molar-refractivity contribution in [1.82, 2.24) is 10.2 Å². The van der Waals surface area contributed by atoms with Crippen LogP contribution in [0, 0.1) is 5.82 Å². The Morgan fingerprint density at radius 3 is 2.19 bits per heavy atom. The minimum atomic E-state index is -3.67. The van der Waals surface area contributed by atoms with Gasteiger partial charge in [-0.15, -0.1) is 0 Å². The number of carbonyl (C=O) groups is 2. The van der Waals surface area contributed by atoms with Crippen LogP contribution in [0.15, 0.2) is 42.5 Å². The first kappa shape index (κ1) is 30.9. The molecule has 0 aromatic heterocycles. The Hall–Kier alpha value is -2.36. The van der Waals surface area contributed by atoms with Crippen LogP contribution in [0.1, 0.15) is 52.5 Å². The van der Waals surface area contributed by atoms with E-state index in [0.29, 0.717) is 27.7 Å². The number of halogens is 3. The van der Waals surface area contributed by atoms with Crippen molar-refractivity contribution in [1.29, 1.82) is 0 Å². The van der Waals surface area contributed by atoms with Crippen molar-refractivity contribution in [2.24, 2.45) is 0 Å². The monoisotopic (exact) mass is 573 g/mol. The molecule has 2 aromatic rings. The van der Waals surface area contributed by atoms with E-state index in [1.54, 1.807) is 18.2 Å². The van der Waals surface area contributed by atoms with Crippen LogP contribution in [-0.2, 0) is 26.2 Å². The second-order valence-corrected chi connectivity index (χ2v) is 12.6. The van der Waals surface area contributed by atoms with Crippen LogP contribution in [0.2, 0.25) is 10.0 Å². The number of rotatable bonds is 11. The zero-order valence-corrected chi connectivity index (χ0v) is 24.1. The highest BCUT2D eigenvalue weighted by Crippen LogP contribution is 2.25. The summed E-state index contributed by atoms with van der Waals surface area (Å²) in [7, 11) is -3.67. The number of nitrogens with one attached hydrogen (secondary N) is 1. The van der Waals surface area contributed by atoms with Crippen molar-refractivity contribution in [3.63, 3.8) is 0 Å². The number of amides is 2. The summed E-state index contributed by atoms with van der Waals surface area (Å²) >= 11 is 12.2. The maximum absolute atomic E-state index is 13.5. The topological polar surface area (TPSA) is 86.8 Å². The molecule has 1 atom stereocenters. The third kappa shape index (κ3) is 9.47. The molecule has 0 aliphatic carbocycles. The van der Waals surface area contributed by atoms with Gasteiger partial charge in [-0.05, 0) is 75.6 Å². The lowest BCUT2D eigenvalue weighted by molar-refractivity contribution is -0.142. The van der Waals surface area contributed by atoms with E-state index < -0.39 is 27.4 Å². The van der Waals surface area contributed by atoms with Gasteiger partial charge in [0.25, 0.3) is 0 Å². The van der Waals surface area contributed by atoms with E-state index >= 15 is 0 Å². The molecule has 1 N–H and O–H groups in total. The van der Waals surface area contributed by atoms with Crippen molar-refractivity contribution >= 4 is 50.7 Å². The van der Waals surface area contributed by atoms with Crippen LogP contribution in [0.4, 0.5) is 10.1 Å². The van der Waals surface area contributed by atoms with Gasteiger partial charge in [0.1, 0.15) is 11.9 Å². The highest BCUT2D eigenvalue weighted by atomic mass is 35.5. The van der Waals surface area contributed by atoms with Gasteiger partial charge in [0.15, 0.2) is 0 Å². The van der Waals surface area contributed by atoms with Crippen molar-refractivity contribution in [3.05, 3.63) is 63.9 Å². The normalized spacial score (nSPS) is 12.6. The Morgan fingerprint density at radius 1 is 1.05 bits per heavy atom. The van der Waals surface area contributed by atoms with Gasteiger partial charge in [-0.1, -0.05) is 36.2 Å². The Kier molecular flexibility index (Phi) is 10.8. The minimum Gasteiger partial charge on any atom is -0.350 e. The Morgan fingerprint density at radius 2 is 1.68 bits per heavy atom. The molecule has 37 heavy (non-hydrogen) atoms. The molecule has 0 aliphatic heterocycles. The lowest BCUT2D eigenvalue weighted by atomic mass is 10.0. The first-order valence-corrected chi connectivity index (χ1v) is 14.5. The number of anilines is 1. The third-order valence-electron chi connectivity index (χ3n) is 5.49. The van der Waals surface area contributed by atoms with E-state index in [4.69, 9.17) is 23.2 Å².